The molecule has 0 radical (unpaired) electrons. The van der Waals surface area contributed by atoms with Crippen LogP contribution in [0.3, 0.4) is 0 Å². The van der Waals surface area contributed by atoms with Crippen molar-refractivity contribution in [1.82, 2.24) is 20.0 Å². The lowest BCUT2D eigenvalue weighted by Gasteiger charge is -2.16. The molecule has 1 aromatic carbocycles. The number of pyridine rings is 1. The maximum atomic E-state index is 5.81. The third kappa shape index (κ3) is 5.57. The van der Waals surface area contributed by atoms with Crippen molar-refractivity contribution in [1.29, 1.82) is 0 Å². The van der Waals surface area contributed by atoms with Gasteiger partial charge in [-0.05, 0) is 30.5 Å². The quantitative estimate of drug-likeness (QED) is 0.466. The Balaban J connectivity index is 1.40. The van der Waals surface area contributed by atoms with E-state index >= 15 is 0 Å². The van der Waals surface area contributed by atoms with Gasteiger partial charge >= 0.3 is 0 Å². The molecule has 0 bridgehead atoms. The molecule has 3 rings (SSSR count). The molecule has 1 atom stereocenters. The first-order valence-electron chi connectivity index (χ1n) is 9.65. The van der Waals surface area contributed by atoms with Crippen molar-refractivity contribution in [2.45, 2.75) is 27.0 Å². The summed E-state index contributed by atoms with van der Waals surface area (Å²) in [6, 6.07) is 16.4. The van der Waals surface area contributed by atoms with Crippen LogP contribution in [0.4, 0.5) is 0 Å². The molecular weight excluding hydrogens is 350 g/mol. The summed E-state index contributed by atoms with van der Waals surface area (Å²) in [4.78, 5) is 8.94. The molecule has 6 nitrogen and oxygen atoms in total. The van der Waals surface area contributed by atoms with Gasteiger partial charge in [0.15, 0.2) is 5.96 Å². The number of fused-ring (bicyclic) bond motifs is 1. The van der Waals surface area contributed by atoms with Crippen LogP contribution >= 0.6 is 0 Å². The SMILES string of the molecule is CN=C(NCc1cn2c(C)cccc2n1)NCC(C)COCc1ccccc1. The Morgan fingerprint density at radius 2 is 1.96 bits per heavy atom. The second-order valence-corrected chi connectivity index (χ2v) is 7.04. The third-order valence-electron chi connectivity index (χ3n) is 4.54. The molecule has 0 spiro atoms. The molecule has 0 aliphatic rings. The van der Waals surface area contributed by atoms with Crippen LogP contribution in [0.1, 0.15) is 23.9 Å². The maximum Gasteiger partial charge on any atom is 0.191 e. The van der Waals surface area contributed by atoms with E-state index in [-0.39, 0.29) is 0 Å². The van der Waals surface area contributed by atoms with Gasteiger partial charge in [-0.15, -0.1) is 0 Å². The lowest BCUT2D eigenvalue weighted by atomic mass is 10.2. The van der Waals surface area contributed by atoms with E-state index in [1.807, 2.05) is 30.3 Å². The number of aromatic nitrogens is 2. The standard InChI is InChI=1S/C22H29N5O/c1-17(15-28-16-19-9-5-4-6-10-19)12-24-22(23-3)25-13-20-14-27-18(2)8-7-11-21(27)26-20/h4-11,14,17H,12-13,15-16H2,1-3H3,(H2,23,24,25). The summed E-state index contributed by atoms with van der Waals surface area (Å²) in [6.07, 6.45) is 2.06. The van der Waals surface area contributed by atoms with Gasteiger partial charge < -0.3 is 19.8 Å². The van der Waals surface area contributed by atoms with Crippen LogP contribution in [0, 0.1) is 12.8 Å². The minimum atomic E-state index is 0.375. The minimum absolute atomic E-state index is 0.375. The second-order valence-electron chi connectivity index (χ2n) is 7.04. The Bertz CT molecular complexity index is 904. The molecule has 0 saturated heterocycles. The van der Waals surface area contributed by atoms with E-state index in [0.717, 1.165) is 23.8 Å². The molecule has 28 heavy (non-hydrogen) atoms. The number of nitrogens with one attached hydrogen (secondary N) is 2. The van der Waals surface area contributed by atoms with Gasteiger partial charge in [-0.1, -0.05) is 43.3 Å². The van der Waals surface area contributed by atoms with Crippen molar-refractivity contribution in [3.05, 3.63) is 71.7 Å². The third-order valence-corrected chi connectivity index (χ3v) is 4.54. The molecular formula is C22H29N5O. The highest BCUT2D eigenvalue weighted by molar-refractivity contribution is 5.79. The van der Waals surface area contributed by atoms with Gasteiger partial charge in [-0.3, -0.25) is 4.99 Å². The number of benzene rings is 1. The van der Waals surface area contributed by atoms with Crippen LogP contribution in [0.2, 0.25) is 0 Å². The normalized spacial score (nSPS) is 12.9. The summed E-state index contributed by atoms with van der Waals surface area (Å²) in [5, 5.41) is 6.68. The monoisotopic (exact) mass is 379 g/mol. The van der Waals surface area contributed by atoms with Crippen LogP contribution in [0.25, 0.3) is 5.65 Å². The highest BCUT2D eigenvalue weighted by Crippen LogP contribution is 2.08. The zero-order valence-electron chi connectivity index (χ0n) is 16.9. The molecule has 1 unspecified atom stereocenters. The van der Waals surface area contributed by atoms with E-state index in [9.17, 15) is 0 Å². The van der Waals surface area contributed by atoms with Crippen LogP contribution in [-0.4, -0.2) is 35.5 Å². The second kappa shape index (κ2) is 9.90. The van der Waals surface area contributed by atoms with Gasteiger partial charge in [0.25, 0.3) is 0 Å². The Labute approximate surface area is 166 Å². The van der Waals surface area contributed by atoms with Crippen LogP contribution < -0.4 is 10.6 Å². The molecule has 0 aliphatic heterocycles. The number of aliphatic imine (C=N–C) groups is 1. The number of rotatable bonds is 8. The van der Waals surface area contributed by atoms with Crippen molar-refractivity contribution in [2.75, 3.05) is 20.2 Å². The first-order valence-corrected chi connectivity index (χ1v) is 9.65. The molecule has 0 saturated carbocycles. The Morgan fingerprint density at radius 3 is 2.71 bits per heavy atom. The number of nitrogens with zero attached hydrogens (tertiary/aromatic N) is 3. The van der Waals surface area contributed by atoms with E-state index in [1.54, 1.807) is 7.05 Å². The lowest BCUT2D eigenvalue weighted by molar-refractivity contribution is 0.0931. The van der Waals surface area contributed by atoms with Gasteiger partial charge in [-0.25, -0.2) is 4.98 Å². The molecule has 0 amide bonds. The molecule has 3 aromatic rings. The average molecular weight is 380 g/mol. The molecule has 0 aliphatic carbocycles. The van der Waals surface area contributed by atoms with Crippen molar-refractivity contribution >= 4 is 11.6 Å². The van der Waals surface area contributed by atoms with E-state index in [0.29, 0.717) is 25.7 Å². The molecule has 2 heterocycles. The van der Waals surface area contributed by atoms with E-state index in [1.165, 1.54) is 11.3 Å². The summed E-state index contributed by atoms with van der Waals surface area (Å²) >= 11 is 0. The van der Waals surface area contributed by atoms with Crippen molar-refractivity contribution in [3.63, 3.8) is 0 Å². The molecule has 0 fully saturated rings. The zero-order chi connectivity index (χ0) is 19.8. The van der Waals surface area contributed by atoms with Gasteiger partial charge in [0.2, 0.25) is 0 Å². The molecule has 2 aromatic heterocycles. The van der Waals surface area contributed by atoms with Gasteiger partial charge in [-0.2, -0.15) is 0 Å². The van der Waals surface area contributed by atoms with E-state index in [4.69, 9.17) is 4.74 Å². The smallest absolute Gasteiger partial charge is 0.191 e. The average Bonchev–Trinajstić information content (AvgIpc) is 3.13. The Morgan fingerprint density at radius 1 is 1.14 bits per heavy atom. The van der Waals surface area contributed by atoms with Crippen molar-refractivity contribution < 1.29 is 4.74 Å². The van der Waals surface area contributed by atoms with Crippen LogP contribution in [0.5, 0.6) is 0 Å². The summed E-state index contributed by atoms with van der Waals surface area (Å²) in [7, 11) is 1.78. The number of ether oxygens (including phenoxy) is 1. The topological polar surface area (TPSA) is 63.0 Å². The predicted molar refractivity (Wildman–Crippen MR) is 113 cm³/mol. The molecule has 148 valence electrons. The molecule has 6 heteroatoms. The largest absolute Gasteiger partial charge is 0.376 e. The van der Waals surface area contributed by atoms with Gasteiger partial charge in [0, 0.05) is 25.5 Å². The summed E-state index contributed by atoms with van der Waals surface area (Å²) in [5.41, 5.74) is 4.31. The van der Waals surface area contributed by atoms with Crippen molar-refractivity contribution in [3.8, 4) is 0 Å². The number of imidazole rings is 1. The minimum Gasteiger partial charge on any atom is -0.376 e. The fourth-order valence-corrected chi connectivity index (χ4v) is 2.96. The molecule has 2 N–H and O–H groups in total. The van der Waals surface area contributed by atoms with Crippen LogP contribution in [0.15, 0.2) is 59.7 Å². The van der Waals surface area contributed by atoms with Gasteiger partial charge in [0.05, 0.1) is 25.5 Å². The van der Waals surface area contributed by atoms with Crippen LogP contribution in [-0.2, 0) is 17.9 Å². The van der Waals surface area contributed by atoms with E-state index < -0.39 is 0 Å². The Kier molecular flexibility index (Phi) is 7.03. The lowest BCUT2D eigenvalue weighted by Crippen LogP contribution is -2.39. The first-order chi connectivity index (χ1) is 13.7. The number of hydrogen-bond acceptors (Lipinski definition) is 3. The first kappa shape index (κ1) is 19.9. The maximum absolute atomic E-state index is 5.81. The predicted octanol–water partition coefficient (Wildman–Crippen LogP) is 3.16. The fourth-order valence-electron chi connectivity index (χ4n) is 2.96. The Hall–Kier alpha value is -2.86. The van der Waals surface area contributed by atoms with Gasteiger partial charge in [0.1, 0.15) is 5.65 Å². The van der Waals surface area contributed by atoms with E-state index in [2.05, 4.69) is 63.3 Å². The summed E-state index contributed by atoms with van der Waals surface area (Å²) in [5.74, 6) is 1.14. The number of aryl methyl sites for hydroxylation is 1. The highest BCUT2D eigenvalue weighted by Gasteiger charge is 2.07. The zero-order valence-corrected chi connectivity index (χ0v) is 16.9. The fraction of sp³-hybridized carbons (Fsp3) is 0.364. The number of hydrogen-bond donors (Lipinski definition) is 2. The summed E-state index contributed by atoms with van der Waals surface area (Å²) < 4.78 is 7.91. The summed E-state index contributed by atoms with van der Waals surface area (Å²) in [6.45, 7) is 7.00. The number of guanidine groups is 1. The highest BCUT2D eigenvalue weighted by atomic mass is 16.5. The van der Waals surface area contributed by atoms with Crippen molar-refractivity contribution in [2.24, 2.45) is 10.9 Å².